The summed E-state index contributed by atoms with van der Waals surface area (Å²) in [5, 5.41) is 0. The number of likely N-dealkylation sites (tertiary alicyclic amines) is 1. The predicted molar refractivity (Wildman–Crippen MR) is 50.3 cm³/mol. The molecule has 1 rings (SSSR count). The average Bonchev–Trinajstić information content (AvgIpc) is 2.20. The summed E-state index contributed by atoms with van der Waals surface area (Å²) in [5.74, 6) is 0.337. The summed E-state index contributed by atoms with van der Waals surface area (Å²) in [6.07, 6.45) is 1.10. The molecule has 0 radical (unpaired) electrons. The molecule has 1 aliphatic heterocycles. The molecule has 3 nitrogen and oxygen atoms in total. The van der Waals surface area contributed by atoms with Crippen molar-refractivity contribution in [2.45, 2.75) is 33.6 Å². The van der Waals surface area contributed by atoms with Crippen LogP contribution in [-0.2, 0) is 9.59 Å². The fraction of sp³-hybridized carbons (Fsp3) is 0.800. The lowest BCUT2D eigenvalue weighted by molar-refractivity contribution is -0.128. The molecule has 0 bridgehead atoms. The van der Waals surface area contributed by atoms with Gasteiger partial charge in [-0.05, 0) is 12.3 Å². The summed E-state index contributed by atoms with van der Waals surface area (Å²) in [7, 11) is 0. The molecule has 0 saturated carbocycles. The normalized spacial score (nSPS) is 20.8. The highest BCUT2D eigenvalue weighted by Crippen LogP contribution is 2.29. The Morgan fingerprint density at radius 1 is 1.54 bits per heavy atom. The van der Waals surface area contributed by atoms with E-state index in [-0.39, 0.29) is 17.1 Å². The SMILES string of the molecule is CC(=O)CCN1CC(C)(C)CC1=O. The van der Waals surface area contributed by atoms with E-state index >= 15 is 0 Å². The second-order valence-electron chi connectivity index (χ2n) is 4.61. The van der Waals surface area contributed by atoms with E-state index in [2.05, 4.69) is 13.8 Å². The first-order valence-electron chi connectivity index (χ1n) is 4.68. The molecular formula is C10H17NO2. The standard InChI is InChI=1S/C10H17NO2/c1-8(12)4-5-11-7-10(2,3)6-9(11)13/h4-7H2,1-3H3. The molecule has 1 amide bonds. The van der Waals surface area contributed by atoms with E-state index < -0.39 is 0 Å². The average molecular weight is 183 g/mol. The molecule has 0 unspecified atom stereocenters. The van der Waals surface area contributed by atoms with Crippen molar-refractivity contribution < 1.29 is 9.59 Å². The van der Waals surface area contributed by atoms with Gasteiger partial charge < -0.3 is 4.90 Å². The van der Waals surface area contributed by atoms with Crippen LogP contribution >= 0.6 is 0 Å². The quantitative estimate of drug-likeness (QED) is 0.659. The van der Waals surface area contributed by atoms with Gasteiger partial charge in [-0.25, -0.2) is 0 Å². The number of carbonyl (C=O) groups is 2. The maximum Gasteiger partial charge on any atom is 0.223 e. The Bertz CT molecular complexity index is 233. The Morgan fingerprint density at radius 3 is 2.54 bits per heavy atom. The lowest BCUT2D eigenvalue weighted by atomic mass is 9.93. The lowest BCUT2D eigenvalue weighted by Gasteiger charge is -2.18. The smallest absolute Gasteiger partial charge is 0.223 e. The number of ketones is 1. The molecule has 0 aromatic heterocycles. The van der Waals surface area contributed by atoms with Gasteiger partial charge in [-0.1, -0.05) is 13.8 Å². The third kappa shape index (κ3) is 2.83. The molecule has 3 heteroatoms. The van der Waals surface area contributed by atoms with E-state index in [1.165, 1.54) is 0 Å². The molecule has 0 N–H and O–H groups in total. The molecule has 0 spiro atoms. The number of Topliss-reactive ketones (excluding diaryl/α,β-unsaturated/α-hetero) is 1. The van der Waals surface area contributed by atoms with Crippen LogP contribution in [-0.4, -0.2) is 29.7 Å². The first-order chi connectivity index (χ1) is 5.91. The summed E-state index contributed by atoms with van der Waals surface area (Å²) in [6.45, 7) is 7.11. The van der Waals surface area contributed by atoms with Crippen molar-refractivity contribution in [3.05, 3.63) is 0 Å². The third-order valence-electron chi connectivity index (χ3n) is 2.34. The van der Waals surface area contributed by atoms with Crippen LogP contribution < -0.4 is 0 Å². The Labute approximate surface area is 79.1 Å². The van der Waals surface area contributed by atoms with Crippen LogP contribution in [0.4, 0.5) is 0 Å². The summed E-state index contributed by atoms with van der Waals surface area (Å²) in [4.78, 5) is 23.9. The van der Waals surface area contributed by atoms with Crippen molar-refractivity contribution in [2.24, 2.45) is 5.41 Å². The highest BCUT2D eigenvalue weighted by molar-refractivity contribution is 5.80. The first kappa shape index (κ1) is 10.2. The first-order valence-corrected chi connectivity index (χ1v) is 4.68. The van der Waals surface area contributed by atoms with Crippen molar-refractivity contribution in [1.29, 1.82) is 0 Å². The van der Waals surface area contributed by atoms with Crippen LogP contribution in [0.5, 0.6) is 0 Å². The lowest BCUT2D eigenvalue weighted by Crippen LogP contribution is -2.28. The Balaban J connectivity index is 2.44. The largest absolute Gasteiger partial charge is 0.342 e. The molecule has 0 aromatic rings. The van der Waals surface area contributed by atoms with E-state index in [0.29, 0.717) is 19.4 Å². The fourth-order valence-electron chi connectivity index (χ4n) is 1.68. The molecule has 1 fully saturated rings. The molecule has 1 aliphatic rings. The third-order valence-corrected chi connectivity index (χ3v) is 2.34. The van der Waals surface area contributed by atoms with Crippen LogP contribution in [0.15, 0.2) is 0 Å². The minimum absolute atomic E-state index is 0.0911. The minimum Gasteiger partial charge on any atom is -0.342 e. The number of hydrogen-bond acceptors (Lipinski definition) is 2. The molecule has 1 heterocycles. The second kappa shape index (κ2) is 3.48. The van der Waals surface area contributed by atoms with Gasteiger partial charge in [0.05, 0.1) is 0 Å². The van der Waals surface area contributed by atoms with Crippen LogP contribution in [0.2, 0.25) is 0 Å². The monoisotopic (exact) mass is 183 g/mol. The van der Waals surface area contributed by atoms with Crippen LogP contribution in [0.25, 0.3) is 0 Å². The Kier molecular flexibility index (Phi) is 2.74. The molecule has 0 atom stereocenters. The van der Waals surface area contributed by atoms with E-state index in [9.17, 15) is 9.59 Å². The van der Waals surface area contributed by atoms with Crippen LogP contribution in [0, 0.1) is 5.41 Å². The van der Waals surface area contributed by atoms with Gasteiger partial charge in [0.2, 0.25) is 5.91 Å². The second-order valence-corrected chi connectivity index (χ2v) is 4.61. The molecular weight excluding hydrogens is 166 g/mol. The number of nitrogens with zero attached hydrogens (tertiary/aromatic N) is 1. The molecule has 1 saturated heterocycles. The number of hydrogen-bond donors (Lipinski definition) is 0. The van der Waals surface area contributed by atoms with Crippen molar-refractivity contribution >= 4 is 11.7 Å². The maximum atomic E-state index is 11.4. The van der Waals surface area contributed by atoms with Gasteiger partial charge in [0.1, 0.15) is 5.78 Å². The molecule has 13 heavy (non-hydrogen) atoms. The van der Waals surface area contributed by atoms with E-state index in [4.69, 9.17) is 0 Å². The van der Waals surface area contributed by atoms with Gasteiger partial charge in [-0.15, -0.1) is 0 Å². The van der Waals surface area contributed by atoms with Crippen LogP contribution in [0.1, 0.15) is 33.6 Å². The number of amides is 1. The van der Waals surface area contributed by atoms with Gasteiger partial charge >= 0.3 is 0 Å². The van der Waals surface area contributed by atoms with E-state index in [1.54, 1.807) is 11.8 Å². The highest BCUT2D eigenvalue weighted by Gasteiger charge is 2.35. The zero-order valence-electron chi connectivity index (χ0n) is 8.59. The zero-order chi connectivity index (χ0) is 10.1. The molecule has 0 aromatic carbocycles. The number of rotatable bonds is 3. The van der Waals surface area contributed by atoms with Gasteiger partial charge in [0, 0.05) is 25.9 Å². The topological polar surface area (TPSA) is 37.4 Å². The molecule has 74 valence electrons. The Hall–Kier alpha value is -0.860. The summed E-state index contributed by atoms with van der Waals surface area (Å²) in [5.41, 5.74) is 0.0911. The van der Waals surface area contributed by atoms with Crippen LogP contribution in [0.3, 0.4) is 0 Å². The van der Waals surface area contributed by atoms with Gasteiger partial charge in [0.15, 0.2) is 0 Å². The van der Waals surface area contributed by atoms with Gasteiger partial charge in [-0.3, -0.25) is 9.59 Å². The van der Waals surface area contributed by atoms with E-state index in [1.807, 2.05) is 0 Å². The van der Waals surface area contributed by atoms with Gasteiger partial charge in [-0.2, -0.15) is 0 Å². The zero-order valence-corrected chi connectivity index (χ0v) is 8.59. The summed E-state index contributed by atoms with van der Waals surface area (Å²) < 4.78 is 0. The van der Waals surface area contributed by atoms with Crippen molar-refractivity contribution in [2.75, 3.05) is 13.1 Å². The fourth-order valence-corrected chi connectivity index (χ4v) is 1.68. The highest BCUT2D eigenvalue weighted by atomic mass is 16.2. The predicted octanol–water partition coefficient (Wildman–Crippen LogP) is 1.22. The Morgan fingerprint density at radius 2 is 2.15 bits per heavy atom. The van der Waals surface area contributed by atoms with E-state index in [0.717, 1.165) is 6.54 Å². The minimum atomic E-state index is 0.0911. The maximum absolute atomic E-state index is 11.4. The summed E-state index contributed by atoms with van der Waals surface area (Å²) >= 11 is 0. The number of carbonyl (C=O) groups excluding carboxylic acids is 2. The van der Waals surface area contributed by atoms with Crippen molar-refractivity contribution in [3.8, 4) is 0 Å². The summed E-state index contributed by atoms with van der Waals surface area (Å²) in [6, 6.07) is 0. The van der Waals surface area contributed by atoms with Crippen molar-refractivity contribution in [1.82, 2.24) is 4.90 Å². The van der Waals surface area contributed by atoms with Gasteiger partial charge in [0.25, 0.3) is 0 Å². The molecule has 0 aliphatic carbocycles. The van der Waals surface area contributed by atoms with Crippen molar-refractivity contribution in [3.63, 3.8) is 0 Å².